The van der Waals surface area contributed by atoms with Crippen LogP contribution in [0.25, 0.3) is 0 Å². The molecule has 2 nitrogen and oxygen atoms in total. The molecule has 43 valence electrons. The fraction of sp³-hybridized carbons (Fsp3) is 0.143. The maximum atomic E-state index is 8.32. The molecule has 0 aromatic carbocycles. The van der Waals surface area contributed by atoms with Crippen LogP contribution in [0.3, 0.4) is 0 Å². The fourth-order valence-corrected chi connectivity index (χ4v) is 0.544. The molecular weight excluding hydrogens is 112 g/mol. The zero-order valence-corrected chi connectivity index (χ0v) is 5.05. The number of rotatable bonds is 0. The maximum absolute atomic E-state index is 8.32. The SMILES string of the molecule is Cc1cc[c]c(C#N)n1. The van der Waals surface area contributed by atoms with Crippen LogP contribution in [0.5, 0.6) is 0 Å². The third kappa shape index (κ3) is 1.26. The van der Waals surface area contributed by atoms with E-state index in [4.69, 9.17) is 5.26 Å². The molecule has 9 heavy (non-hydrogen) atoms. The molecule has 1 rings (SSSR count). The van der Waals surface area contributed by atoms with Gasteiger partial charge in [-0.1, -0.05) is 0 Å². The van der Waals surface area contributed by atoms with Crippen LogP contribution in [0.2, 0.25) is 0 Å². The van der Waals surface area contributed by atoms with Crippen LogP contribution >= 0.6 is 0 Å². The predicted molar refractivity (Wildman–Crippen MR) is 32.5 cm³/mol. The van der Waals surface area contributed by atoms with Gasteiger partial charge in [-0.05, 0) is 19.1 Å². The molecule has 2 heteroatoms. The number of nitrogens with zero attached hydrogens (tertiary/aromatic N) is 2. The second-order valence-electron chi connectivity index (χ2n) is 1.69. The molecule has 1 radical (unpaired) electrons. The molecular formula is C7H5N2. The molecule has 1 aromatic heterocycles. The van der Waals surface area contributed by atoms with Crippen molar-refractivity contribution < 1.29 is 0 Å². The Bertz CT molecular complexity index is 247. The van der Waals surface area contributed by atoms with Gasteiger partial charge in [-0.2, -0.15) is 5.26 Å². The minimum Gasteiger partial charge on any atom is -0.242 e. The molecule has 0 saturated carbocycles. The second kappa shape index (κ2) is 2.27. The lowest BCUT2D eigenvalue weighted by Gasteiger charge is -1.87. The first-order valence-corrected chi connectivity index (χ1v) is 2.58. The van der Waals surface area contributed by atoms with Crippen LogP contribution in [0, 0.1) is 24.3 Å². The summed E-state index contributed by atoms with van der Waals surface area (Å²) in [7, 11) is 0. The lowest BCUT2D eigenvalue weighted by molar-refractivity contribution is 1.16. The van der Waals surface area contributed by atoms with Gasteiger partial charge in [0.05, 0.1) is 0 Å². The summed E-state index contributed by atoms with van der Waals surface area (Å²) in [4.78, 5) is 3.88. The van der Waals surface area contributed by atoms with Crippen LogP contribution in [0.15, 0.2) is 12.1 Å². The molecule has 0 saturated heterocycles. The lowest BCUT2D eigenvalue weighted by Crippen LogP contribution is -1.83. The van der Waals surface area contributed by atoms with Crippen molar-refractivity contribution in [1.29, 1.82) is 5.26 Å². The first-order valence-electron chi connectivity index (χ1n) is 2.58. The highest BCUT2D eigenvalue weighted by Crippen LogP contribution is 1.93. The standard InChI is InChI=1S/C7H5N2/c1-6-3-2-4-7(5-8)9-6/h2-3H,1H3. The summed E-state index contributed by atoms with van der Waals surface area (Å²) < 4.78 is 0. The molecule has 1 aromatic rings. The van der Waals surface area contributed by atoms with Crippen molar-refractivity contribution in [3.8, 4) is 6.07 Å². The van der Waals surface area contributed by atoms with E-state index in [0.717, 1.165) is 5.69 Å². The third-order valence-corrected chi connectivity index (χ3v) is 0.939. The molecule has 0 N–H and O–H groups in total. The van der Waals surface area contributed by atoms with E-state index in [1.165, 1.54) is 0 Å². The summed E-state index contributed by atoms with van der Waals surface area (Å²) >= 11 is 0. The minimum atomic E-state index is 0.356. The van der Waals surface area contributed by atoms with Gasteiger partial charge >= 0.3 is 0 Å². The minimum absolute atomic E-state index is 0.356. The van der Waals surface area contributed by atoms with E-state index in [9.17, 15) is 0 Å². The molecule has 0 amide bonds. The number of pyridine rings is 1. The largest absolute Gasteiger partial charge is 0.242 e. The summed E-state index contributed by atoms with van der Waals surface area (Å²) in [6.07, 6.45) is 0. The molecule has 0 bridgehead atoms. The van der Waals surface area contributed by atoms with Crippen molar-refractivity contribution >= 4 is 0 Å². The lowest BCUT2D eigenvalue weighted by atomic mass is 10.3. The number of aryl methyl sites for hydroxylation is 1. The average molecular weight is 117 g/mol. The van der Waals surface area contributed by atoms with Crippen LogP contribution in [0.1, 0.15) is 11.4 Å². The van der Waals surface area contributed by atoms with Crippen LogP contribution in [-0.4, -0.2) is 4.98 Å². The van der Waals surface area contributed by atoms with Crippen LogP contribution < -0.4 is 0 Å². The summed E-state index contributed by atoms with van der Waals surface area (Å²) in [5.74, 6) is 0. The Hall–Kier alpha value is -1.36. The van der Waals surface area contributed by atoms with Crippen molar-refractivity contribution in [2.45, 2.75) is 6.92 Å². The van der Waals surface area contributed by atoms with Crippen LogP contribution in [0.4, 0.5) is 0 Å². The third-order valence-electron chi connectivity index (χ3n) is 0.939. The van der Waals surface area contributed by atoms with Gasteiger partial charge in [0.1, 0.15) is 11.8 Å². The Morgan fingerprint density at radius 3 is 3.00 bits per heavy atom. The van der Waals surface area contributed by atoms with Gasteiger partial charge in [0, 0.05) is 11.8 Å². The summed E-state index contributed by atoms with van der Waals surface area (Å²) in [5.41, 5.74) is 1.21. The molecule has 0 atom stereocenters. The number of hydrogen-bond donors (Lipinski definition) is 0. The van der Waals surface area contributed by atoms with E-state index in [1.807, 2.05) is 13.0 Å². The van der Waals surface area contributed by atoms with Gasteiger partial charge in [-0.15, -0.1) is 0 Å². The van der Waals surface area contributed by atoms with E-state index < -0.39 is 0 Å². The zero-order valence-electron chi connectivity index (χ0n) is 5.05. The second-order valence-corrected chi connectivity index (χ2v) is 1.69. The Kier molecular flexibility index (Phi) is 1.46. The predicted octanol–water partition coefficient (Wildman–Crippen LogP) is 1.06. The molecule has 0 aliphatic carbocycles. The first kappa shape index (κ1) is 5.77. The topological polar surface area (TPSA) is 36.7 Å². The molecule has 0 unspecified atom stereocenters. The average Bonchev–Trinajstić information content (AvgIpc) is 1.88. The first-order chi connectivity index (χ1) is 4.33. The van der Waals surface area contributed by atoms with Gasteiger partial charge in [-0.25, -0.2) is 4.98 Å². The van der Waals surface area contributed by atoms with E-state index in [2.05, 4.69) is 11.1 Å². The maximum Gasteiger partial charge on any atom is 0.148 e. The summed E-state index contributed by atoms with van der Waals surface area (Å²) in [6, 6.07) is 8.09. The van der Waals surface area contributed by atoms with Crippen molar-refractivity contribution in [1.82, 2.24) is 4.98 Å². The molecule has 0 aliphatic heterocycles. The molecule has 1 heterocycles. The summed E-state index contributed by atoms with van der Waals surface area (Å²) in [5, 5.41) is 8.32. The number of nitriles is 1. The van der Waals surface area contributed by atoms with Gasteiger partial charge in [0.2, 0.25) is 0 Å². The van der Waals surface area contributed by atoms with E-state index in [1.54, 1.807) is 12.1 Å². The van der Waals surface area contributed by atoms with Gasteiger partial charge in [0.15, 0.2) is 0 Å². The Balaban J connectivity index is 3.12. The molecule has 0 spiro atoms. The smallest absolute Gasteiger partial charge is 0.148 e. The van der Waals surface area contributed by atoms with Crippen LogP contribution in [-0.2, 0) is 0 Å². The molecule has 0 fully saturated rings. The van der Waals surface area contributed by atoms with E-state index in [0.29, 0.717) is 5.69 Å². The van der Waals surface area contributed by atoms with E-state index >= 15 is 0 Å². The quantitative estimate of drug-likeness (QED) is 0.509. The fourth-order valence-electron chi connectivity index (χ4n) is 0.544. The van der Waals surface area contributed by atoms with E-state index in [-0.39, 0.29) is 0 Å². The zero-order chi connectivity index (χ0) is 6.69. The van der Waals surface area contributed by atoms with Gasteiger partial charge in [0.25, 0.3) is 0 Å². The highest BCUT2D eigenvalue weighted by atomic mass is 14.7. The Morgan fingerprint density at radius 2 is 2.56 bits per heavy atom. The van der Waals surface area contributed by atoms with Crippen molar-refractivity contribution in [2.75, 3.05) is 0 Å². The Morgan fingerprint density at radius 1 is 1.78 bits per heavy atom. The Labute approximate surface area is 53.8 Å². The number of hydrogen-bond acceptors (Lipinski definition) is 2. The van der Waals surface area contributed by atoms with Crippen molar-refractivity contribution in [2.24, 2.45) is 0 Å². The van der Waals surface area contributed by atoms with Gasteiger partial charge in [-0.3, -0.25) is 0 Å². The van der Waals surface area contributed by atoms with Crippen molar-refractivity contribution in [3.05, 3.63) is 29.6 Å². The monoisotopic (exact) mass is 117 g/mol. The van der Waals surface area contributed by atoms with Gasteiger partial charge < -0.3 is 0 Å². The normalized spacial score (nSPS) is 8.44. The summed E-state index contributed by atoms with van der Waals surface area (Å²) in [6.45, 7) is 1.84. The number of aromatic nitrogens is 1. The van der Waals surface area contributed by atoms with Crippen molar-refractivity contribution in [3.63, 3.8) is 0 Å². The highest BCUT2D eigenvalue weighted by molar-refractivity contribution is 5.19. The molecule has 0 aliphatic rings. The highest BCUT2D eigenvalue weighted by Gasteiger charge is 1.88.